The first-order valence-electron chi connectivity index (χ1n) is 7.34. The van der Waals surface area contributed by atoms with Crippen LogP contribution < -0.4 is 5.32 Å². The van der Waals surface area contributed by atoms with Gasteiger partial charge in [-0.2, -0.15) is 0 Å². The standard InChI is InChI=1S/C14H28N2O/c1-3-7-16(10-13-4-5-13)12(2)9-14-11-17-8-6-15-14/h12-15H,3-11H2,1-2H3. The normalized spacial score (nSPS) is 27.4. The number of nitrogens with zero attached hydrogens (tertiary/aromatic N) is 1. The molecule has 0 aromatic heterocycles. The molecule has 0 spiro atoms. The molecular weight excluding hydrogens is 212 g/mol. The molecule has 0 bridgehead atoms. The van der Waals surface area contributed by atoms with E-state index in [1.54, 1.807) is 0 Å². The van der Waals surface area contributed by atoms with Crippen LogP contribution in [0.3, 0.4) is 0 Å². The minimum atomic E-state index is 0.567. The van der Waals surface area contributed by atoms with Gasteiger partial charge in [-0.1, -0.05) is 6.92 Å². The fourth-order valence-electron chi connectivity index (χ4n) is 2.74. The Morgan fingerprint density at radius 1 is 1.41 bits per heavy atom. The van der Waals surface area contributed by atoms with Gasteiger partial charge in [0.25, 0.3) is 0 Å². The molecule has 3 heteroatoms. The number of ether oxygens (including phenoxy) is 1. The van der Waals surface area contributed by atoms with Gasteiger partial charge in [0.1, 0.15) is 0 Å². The van der Waals surface area contributed by atoms with Crippen LogP contribution in [0.5, 0.6) is 0 Å². The smallest absolute Gasteiger partial charge is 0.0620 e. The molecule has 2 rings (SSSR count). The Kier molecular flexibility index (Phi) is 5.26. The topological polar surface area (TPSA) is 24.5 Å². The second kappa shape index (κ2) is 6.72. The summed E-state index contributed by atoms with van der Waals surface area (Å²) in [6.45, 7) is 10.0. The van der Waals surface area contributed by atoms with E-state index < -0.39 is 0 Å². The van der Waals surface area contributed by atoms with E-state index in [0.717, 1.165) is 25.7 Å². The van der Waals surface area contributed by atoms with Gasteiger partial charge in [-0.05, 0) is 45.1 Å². The van der Waals surface area contributed by atoms with Gasteiger partial charge in [0.15, 0.2) is 0 Å². The molecule has 0 aromatic rings. The van der Waals surface area contributed by atoms with Crippen LogP contribution in [0.1, 0.15) is 39.5 Å². The maximum Gasteiger partial charge on any atom is 0.0620 e. The second-order valence-electron chi connectivity index (χ2n) is 5.75. The molecule has 0 amide bonds. The highest BCUT2D eigenvalue weighted by atomic mass is 16.5. The summed E-state index contributed by atoms with van der Waals surface area (Å²) in [5.41, 5.74) is 0. The summed E-state index contributed by atoms with van der Waals surface area (Å²) in [5.74, 6) is 1.000. The van der Waals surface area contributed by atoms with Gasteiger partial charge in [0.05, 0.1) is 13.2 Å². The number of hydrogen-bond acceptors (Lipinski definition) is 3. The first kappa shape index (κ1) is 13.3. The van der Waals surface area contributed by atoms with E-state index in [1.807, 2.05) is 0 Å². The van der Waals surface area contributed by atoms with Gasteiger partial charge >= 0.3 is 0 Å². The van der Waals surface area contributed by atoms with Crippen LogP contribution in [0.25, 0.3) is 0 Å². The molecule has 3 nitrogen and oxygen atoms in total. The van der Waals surface area contributed by atoms with Gasteiger partial charge < -0.3 is 15.0 Å². The van der Waals surface area contributed by atoms with Crippen molar-refractivity contribution in [3.8, 4) is 0 Å². The number of rotatable bonds is 7. The van der Waals surface area contributed by atoms with Gasteiger partial charge in [0.2, 0.25) is 0 Å². The molecule has 1 aliphatic carbocycles. The largest absolute Gasteiger partial charge is 0.379 e. The third kappa shape index (κ3) is 4.57. The lowest BCUT2D eigenvalue weighted by molar-refractivity contribution is 0.0612. The highest BCUT2D eigenvalue weighted by Gasteiger charge is 2.27. The van der Waals surface area contributed by atoms with Gasteiger partial charge in [-0.3, -0.25) is 0 Å². The summed E-state index contributed by atoms with van der Waals surface area (Å²) in [7, 11) is 0. The first-order chi connectivity index (χ1) is 8.29. The number of hydrogen-bond donors (Lipinski definition) is 1. The fourth-order valence-corrected chi connectivity index (χ4v) is 2.74. The quantitative estimate of drug-likeness (QED) is 0.735. The zero-order valence-corrected chi connectivity index (χ0v) is 11.5. The Balaban J connectivity index is 1.74. The molecule has 0 radical (unpaired) electrons. The van der Waals surface area contributed by atoms with Crippen LogP contribution in [-0.2, 0) is 4.74 Å². The highest BCUT2D eigenvalue weighted by molar-refractivity contribution is 4.82. The third-order valence-corrected chi connectivity index (χ3v) is 3.95. The van der Waals surface area contributed by atoms with Crippen LogP contribution >= 0.6 is 0 Å². The lowest BCUT2D eigenvalue weighted by atomic mass is 10.1. The van der Waals surface area contributed by atoms with Gasteiger partial charge in [-0.25, -0.2) is 0 Å². The Morgan fingerprint density at radius 2 is 2.24 bits per heavy atom. The van der Waals surface area contributed by atoms with Crippen molar-refractivity contribution in [3.05, 3.63) is 0 Å². The van der Waals surface area contributed by atoms with Crippen molar-refractivity contribution in [2.24, 2.45) is 5.92 Å². The summed E-state index contributed by atoms with van der Waals surface area (Å²) in [6, 6.07) is 1.26. The Morgan fingerprint density at radius 3 is 2.82 bits per heavy atom. The molecule has 100 valence electrons. The minimum Gasteiger partial charge on any atom is -0.379 e. The third-order valence-electron chi connectivity index (χ3n) is 3.95. The van der Waals surface area contributed by atoms with Crippen LogP contribution in [0.15, 0.2) is 0 Å². The second-order valence-corrected chi connectivity index (χ2v) is 5.75. The van der Waals surface area contributed by atoms with E-state index in [1.165, 1.54) is 38.8 Å². The lowest BCUT2D eigenvalue weighted by Crippen LogP contribution is -2.46. The molecule has 1 saturated carbocycles. The predicted octanol–water partition coefficient (Wildman–Crippen LogP) is 1.88. The monoisotopic (exact) mass is 240 g/mol. The van der Waals surface area contributed by atoms with Crippen molar-refractivity contribution >= 4 is 0 Å². The lowest BCUT2D eigenvalue weighted by Gasteiger charge is -2.33. The summed E-state index contributed by atoms with van der Waals surface area (Å²) in [6.07, 6.45) is 5.41. The summed E-state index contributed by atoms with van der Waals surface area (Å²) in [5, 5.41) is 3.56. The molecule has 1 heterocycles. The summed E-state index contributed by atoms with van der Waals surface area (Å²) in [4.78, 5) is 2.69. The molecule has 17 heavy (non-hydrogen) atoms. The maximum atomic E-state index is 5.54. The van der Waals surface area contributed by atoms with Gasteiger partial charge in [0, 0.05) is 25.2 Å². The zero-order chi connectivity index (χ0) is 12.1. The van der Waals surface area contributed by atoms with Crippen molar-refractivity contribution < 1.29 is 4.74 Å². The predicted molar refractivity (Wildman–Crippen MR) is 71.3 cm³/mol. The highest BCUT2D eigenvalue weighted by Crippen LogP contribution is 2.30. The molecule has 2 unspecified atom stereocenters. The summed E-state index contributed by atoms with van der Waals surface area (Å²) >= 11 is 0. The van der Waals surface area contributed by atoms with Crippen molar-refractivity contribution in [2.75, 3.05) is 32.8 Å². The molecule has 1 N–H and O–H groups in total. The van der Waals surface area contributed by atoms with Crippen molar-refractivity contribution in [2.45, 2.75) is 51.6 Å². The van der Waals surface area contributed by atoms with E-state index >= 15 is 0 Å². The molecule has 1 saturated heterocycles. The minimum absolute atomic E-state index is 0.567. The fraction of sp³-hybridized carbons (Fsp3) is 1.00. The van der Waals surface area contributed by atoms with E-state index in [9.17, 15) is 0 Å². The molecular formula is C14H28N2O. The van der Waals surface area contributed by atoms with E-state index in [0.29, 0.717) is 12.1 Å². The van der Waals surface area contributed by atoms with Crippen LogP contribution in [-0.4, -0.2) is 49.8 Å². The van der Waals surface area contributed by atoms with Crippen LogP contribution in [0, 0.1) is 5.92 Å². The first-order valence-corrected chi connectivity index (χ1v) is 7.34. The maximum absolute atomic E-state index is 5.54. The van der Waals surface area contributed by atoms with Crippen molar-refractivity contribution in [1.29, 1.82) is 0 Å². The van der Waals surface area contributed by atoms with Crippen molar-refractivity contribution in [3.63, 3.8) is 0 Å². The van der Waals surface area contributed by atoms with E-state index in [2.05, 4.69) is 24.1 Å². The zero-order valence-electron chi connectivity index (χ0n) is 11.5. The van der Waals surface area contributed by atoms with E-state index in [-0.39, 0.29) is 0 Å². The van der Waals surface area contributed by atoms with Crippen molar-refractivity contribution in [1.82, 2.24) is 10.2 Å². The Bertz CT molecular complexity index is 212. The van der Waals surface area contributed by atoms with Gasteiger partial charge in [-0.15, -0.1) is 0 Å². The summed E-state index contributed by atoms with van der Waals surface area (Å²) < 4.78 is 5.54. The SMILES string of the molecule is CCCN(CC1CC1)C(C)CC1COCCN1. The average Bonchev–Trinajstić information content (AvgIpc) is 3.14. The van der Waals surface area contributed by atoms with E-state index in [4.69, 9.17) is 4.74 Å². The number of nitrogens with one attached hydrogen (secondary N) is 1. The Labute approximate surface area is 106 Å². The van der Waals surface area contributed by atoms with Crippen LogP contribution in [0.4, 0.5) is 0 Å². The molecule has 1 aliphatic heterocycles. The van der Waals surface area contributed by atoms with Crippen LogP contribution in [0.2, 0.25) is 0 Å². The molecule has 2 fully saturated rings. The molecule has 2 aliphatic rings. The molecule has 0 aromatic carbocycles. The average molecular weight is 240 g/mol. The molecule has 2 atom stereocenters. The number of morpholine rings is 1. The Hall–Kier alpha value is -0.120.